The van der Waals surface area contributed by atoms with Crippen LogP contribution in [0.15, 0.2) is 40.5 Å². The average molecular weight is 392 g/mol. The monoisotopic (exact) mass is 391 g/mol. The number of hydrogen-bond acceptors (Lipinski definition) is 6. The molecule has 1 saturated heterocycles. The molecule has 0 bridgehead atoms. The molecule has 0 saturated carbocycles. The molecule has 1 fully saturated rings. The Morgan fingerprint density at radius 2 is 2.19 bits per heavy atom. The second-order valence-corrected chi connectivity index (χ2v) is 6.93. The fraction of sp³-hybridized carbons (Fsp3) is 0.188. The van der Waals surface area contributed by atoms with Gasteiger partial charge in [0.15, 0.2) is 5.17 Å². The highest BCUT2D eigenvalue weighted by Crippen LogP contribution is 2.23. The third-order valence-electron chi connectivity index (χ3n) is 3.52. The number of nitrogens with zero attached hydrogens (tertiary/aromatic N) is 4. The number of amidine groups is 1. The van der Waals surface area contributed by atoms with Crippen LogP contribution in [0.4, 0.5) is 0 Å². The van der Waals surface area contributed by atoms with Crippen molar-refractivity contribution >= 4 is 46.6 Å². The molecule has 1 atom stereocenters. The van der Waals surface area contributed by atoms with Crippen LogP contribution >= 0.6 is 23.4 Å². The van der Waals surface area contributed by atoms with Crippen molar-refractivity contribution in [3.8, 4) is 5.69 Å². The summed E-state index contributed by atoms with van der Waals surface area (Å²) in [6.45, 7) is 1.80. The van der Waals surface area contributed by atoms with Gasteiger partial charge in [0.25, 0.3) is 0 Å². The largest absolute Gasteiger partial charge is 0.481 e. The molecule has 10 heteroatoms. The van der Waals surface area contributed by atoms with E-state index in [4.69, 9.17) is 16.7 Å². The van der Waals surface area contributed by atoms with Gasteiger partial charge in [0.05, 0.1) is 29.6 Å². The molecule has 134 valence electrons. The number of nitrogens with one attached hydrogen (secondary N) is 1. The van der Waals surface area contributed by atoms with Gasteiger partial charge in [-0.2, -0.15) is 10.2 Å². The van der Waals surface area contributed by atoms with Crippen LogP contribution in [0.1, 0.15) is 17.7 Å². The number of halogens is 1. The summed E-state index contributed by atoms with van der Waals surface area (Å²) >= 11 is 7.42. The fourth-order valence-corrected chi connectivity index (χ4v) is 3.52. The number of amides is 1. The molecule has 3 rings (SSSR count). The van der Waals surface area contributed by atoms with Crippen molar-refractivity contribution < 1.29 is 14.7 Å². The highest BCUT2D eigenvalue weighted by molar-refractivity contribution is 8.15. The number of aliphatic carboxylic acids is 1. The molecule has 2 heterocycles. The first kappa shape index (κ1) is 18.2. The minimum Gasteiger partial charge on any atom is -0.481 e. The van der Waals surface area contributed by atoms with Crippen LogP contribution in [0, 0.1) is 6.92 Å². The van der Waals surface area contributed by atoms with Crippen molar-refractivity contribution in [2.45, 2.75) is 18.6 Å². The fourth-order valence-electron chi connectivity index (χ4n) is 2.28. The number of hydrogen-bond donors (Lipinski definition) is 2. The SMILES string of the molecule is Cc1nn(-c2ccccc2)c(Cl)c1/C=N\N=C1/NC(=O)[C@@H](CC(=O)O)S1. The highest BCUT2D eigenvalue weighted by Gasteiger charge is 2.32. The minimum absolute atomic E-state index is 0.252. The van der Waals surface area contributed by atoms with Crippen molar-refractivity contribution in [3.63, 3.8) is 0 Å². The number of rotatable bonds is 5. The summed E-state index contributed by atoms with van der Waals surface area (Å²) in [4.78, 5) is 22.4. The van der Waals surface area contributed by atoms with Crippen LogP contribution in [-0.4, -0.2) is 43.4 Å². The zero-order valence-electron chi connectivity index (χ0n) is 13.6. The topological polar surface area (TPSA) is 109 Å². The average Bonchev–Trinajstić information content (AvgIpc) is 3.09. The van der Waals surface area contributed by atoms with Crippen LogP contribution in [0.2, 0.25) is 5.15 Å². The van der Waals surface area contributed by atoms with Gasteiger partial charge in [0.1, 0.15) is 10.4 Å². The van der Waals surface area contributed by atoms with E-state index in [9.17, 15) is 9.59 Å². The highest BCUT2D eigenvalue weighted by atomic mass is 35.5. The van der Waals surface area contributed by atoms with Crippen LogP contribution in [0.3, 0.4) is 0 Å². The minimum atomic E-state index is -1.04. The predicted octanol–water partition coefficient (Wildman–Crippen LogP) is 2.23. The van der Waals surface area contributed by atoms with E-state index >= 15 is 0 Å². The molecule has 1 aromatic carbocycles. The zero-order chi connectivity index (χ0) is 18.7. The molecule has 2 aromatic rings. The Hall–Kier alpha value is -2.65. The number of benzene rings is 1. The zero-order valence-corrected chi connectivity index (χ0v) is 15.2. The van der Waals surface area contributed by atoms with Gasteiger partial charge >= 0.3 is 5.97 Å². The Balaban J connectivity index is 1.77. The Bertz CT molecular complexity index is 910. The van der Waals surface area contributed by atoms with Crippen LogP contribution in [0.25, 0.3) is 5.69 Å². The number of carboxylic acid groups (broad SMARTS) is 1. The molecule has 0 aliphatic carbocycles. The van der Waals surface area contributed by atoms with Gasteiger partial charge in [0.2, 0.25) is 5.91 Å². The normalized spacial score (nSPS) is 18.6. The summed E-state index contributed by atoms with van der Waals surface area (Å²) in [5, 5.41) is 23.5. The van der Waals surface area contributed by atoms with E-state index in [2.05, 4.69) is 20.6 Å². The van der Waals surface area contributed by atoms with Gasteiger partial charge in [-0.1, -0.05) is 41.6 Å². The number of thioether (sulfide) groups is 1. The van der Waals surface area contributed by atoms with Gasteiger partial charge < -0.3 is 10.4 Å². The Kier molecular flexibility index (Phi) is 5.38. The molecule has 0 unspecified atom stereocenters. The van der Waals surface area contributed by atoms with E-state index in [0.29, 0.717) is 16.4 Å². The first-order chi connectivity index (χ1) is 12.5. The Morgan fingerprint density at radius 1 is 1.46 bits per heavy atom. The van der Waals surface area contributed by atoms with Crippen molar-refractivity contribution in [1.29, 1.82) is 0 Å². The molecule has 1 aliphatic rings. The second kappa shape index (κ2) is 7.71. The van der Waals surface area contributed by atoms with Crippen LogP contribution < -0.4 is 5.32 Å². The van der Waals surface area contributed by atoms with Crippen molar-refractivity contribution in [2.24, 2.45) is 10.2 Å². The number of carboxylic acids is 1. The third kappa shape index (κ3) is 3.94. The van der Waals surface area contributed by atoms with E-state index in [1.54, 1.807) is 11.6 Å². The maximum atomic E-state index is 11.7. The number of aromatic nitrogens is 2. The Labute approximate surface area is 157 Å². The van der Waals surface area contributed by atoms with Crippen LogP contribution in [0.5, 0.6) is 0 Å². The van der Waals surface area contributed by atoms with E-state index in [1.807, 2.05) is 30.3 Å². The maximum absolute atomic E-state index is 11.7. The van der Waals surface area contributed by atoms with E-state index in [0.717, 1.165) is 17.4 Å². The molecule has 8 nitrogen and oxygen atoms in total. The van der Waals surface area contributed by atoms with Gasteiger partial charge in [-0.25, -0.2) is 4.68 Å². The smallest absolute Gasteiger partial charge is 0.305 e. The molecule has 2 N–H and O–H groups in total. The number of para-hydroxylation sites is 1. The second-order valence-electron chi connectivity index (χ2n) is 5.38. The summed E-state index contributed by atoms with van der Waals surface area (Å²) in [5.74, 6) is -1.43. The predicted molar refractivity (Wildman–Crippen MR) is 100 cm³/mol. The van der Waals surface area contributed by atoms with Crippen molar-refractivity contribution in [1.82, 2.24) is 15.1 Å². The third-order valence-corrected chi connectivity index (χ3v) is 4.96. The molecule has 1 aliphatic heterocycles. The first-order valence-corrected chi connectivity index (χ1v) is 8.82. The maximum Gasteiger partial charge on any atom is 0.305 e. The summed E-state index contributed by atoms with van der Waals surface area (Å²) in [6.07, 6.45) is 1.18. The summed E-state index contributed by atoms with van der Waals surface area (Å²) in [7, 11) is 0. The molecular weight excluding hydrogens is 378 g/mol. The Morgan fingerprint density at radius 3 is 2.88 bits per heavy atom. The van der Waals surface area contributed by atoms with Gasteiger partial charge in [-0.15, -0.1) is 5.10 Å². The number of aryl methyl sites for hydroxylation is 1. The molecular formula is C16H14ClN5O3S. The standard InChI is InChI=1S/C16H14ClN5O3S/c1-9-11(14(17)22(21-9)10-5-3-2-4-6-10)8-18-20-16-19-15(25)12(26-16)7-13(23)24/h2-6,8,12H,7H2,1H3,(H,23,24)(H,19,20,25)/b18-8-/t12-/m1/s1. The van der Waals surface area contributed by atoms with Crippen LogP contribution in [-0.2, 0) is 9.59 Å². The lowest BCUT2D eigenvalue weighted by Crippen LogP contribution is -2.26. The van der Waals surface area contributed by atoms with Gasteiger partial charge in [-0.3, -0.25) is 9.59 Å². The van der Waals surface area contributed by atoms with E-state index < -0.39 is 17.1 Å². The lowest BCUT2D eigenvalue weighted by atomic mass is 10.3. The van der Waals surface area contributed by atoms with Crippen molar-refractivity contribution in [3.05, 3.63) is 46.7 Å². The van der Waals surface area contributed by atoms with E-state index in [-0.39, 0.29) is 11.6 Å². The molecule has 1 amide bonds. The summed E-state index contributed by atoms with van der Waals surface area (Å²) in [6, 6.07) is 9.43. The lowest BCUT2D eigenvalue weighted by molar-refractivity contribution is -0.138. The molecule has 0 spiro atoms. The summed E-state index contributed by atoms with van der Waals surface area (Å²) < 4.78 is 1.60. The molecule has 26 heavy (non-hydrogen) atoms. The van der Waals surface area contributed by atoms with Crippen molar-refractivity contribution in [2.75, 3.05) is 0 Å². The first-order valence-electron chi connectivity index (χ1n) is 7.56. The molecule has 0 radical (unpaired) electrons. The summed E-state index contributed by atoms with van der Waals surface area (Å²) in [5.41, 5.74) is 2.10. The van der Waals surface area contributed by atoms with E-state index in [1.165, 1.54) is 6.21 Å². The van der Waals surface area contributed by atoms with Gasteiger partial charge in [0, 0.05) is 0 Å². The lowest BCUT2D eigenvalue weighted by Gasteiger charge is -2.01. The molecule has 1 aromatic heterocycles. The number of carbonyl (C=O) groups is 2. The number of carbonyl (C=O) groups excluding carboxylic acids is 1. The van der Waals surface area contributed by atoms with Gasteiger partial charge in [-0.05, 0) is 19.1 Å². The quantitative estimate of drug-likeness (QED) is 0.600.